The summed E-state index contributed by atoms with van der Waals surface area (Å²) in [7, 11) is 0. The molecule has 10 heteroatoms. The van der Waals surface area contributed by atoms with Gasteiger partial charge >= 0.3 is 6.03 Å². The van der Waals surface area contributed by atoms with Crippen LogP contribution in [-0.2, 0) is 9.59 Å². The van der Waals surface area contributed by atoms with E-state index in [1.54, 1.807) is 11.8 Å². The lowest BCUT2D eigenvalue weighted by Gasteiger charge is -2.19. The fraction of sp³-hybridized carbons (Fsp3) is 0.643. The normalized spacial score (nSPS) is 19.1. The summed E-state index contributed by atoms with van der Waals surface area (Å²) in [5.74, 6) is 0.402. The molecule has 0 aromatic carbocycles. The fourth-order valence-electron chi connectivity index (χ4n) is 3.03. The molecule has 1 aliphatic carbocycles. The van der Waals surface area contributed by atoms with Crippen LogP contribution >= 0.6 is 23.1 Å². The first-order valence-corrected chi connectivity index (χ1v) is 9.74. The van der Waals surface area contributed by atoms with Crippen LogP contribution in [0.25, 0.3) is 0 Å². The van der Waals surface area contributed by atoms with Crippen molar-refractivity contribution in [1.29, 1.82) is 0 Å². The van der Waals surface area contributed by atoms with Crippen LogP contribution in [0.4, 0.5) is 9.93 Å². The van der Waals surface area contributed by atoms with E-state index in [-0.39, 0.29) is 24.8 Å². The van der Waals surface area contributed by atoms with Crippen molar-refractivity contribution in [2.75, 3.05) is 17.6 Å². The maximum absolute atomic E-state index is 12.5. The van der Waals surface area contributed by atoms with Gasteiger partial charge in [-0.15, -0.1) is 10.2 Å². The third-order valence-electron chi connectivity index (χ3n) is 4.19. The Labute approximate surface area is 147 Å². The third-order valence-corrected chi connectivity index (χ3v) is 6.04. The summed E-state index contributed by atoms with van der Waals surface area (Å²) in [4.78, 5) is 37.7. The van der Waals surface area contributed by atoms with E-state index in [0.29, 0.717) is 18.0 Å². The third kappa shape index (κ3) is 3.39. The minimum absolute atomic E-state index is 0.0467. The molecule has 8 nitrogen and oxygen atoms in total. The first kappa shape index (κ1) is 17.2. The number of urea groups is 1. The molecule has 3 rings (SSSR count). The molecule has 0 radical (unpaired) electrons. The minimum Gasteiger partial charge on any atom is -0.323 e. The number of thioether (sulfide) groups is 1. The van der Waals surface area contributed by atoms with Gasteiger partial charge in [0.15, 0.2) is 4.34 Å². The zero-order valence-electron chi connectivity index (χ0n) is 13.3. The number of imide groups is 1. The Hall–Kier alpha value is -1.68. The van der Waals surface area contributed by atoms with Gasteiger partial charge in [0.25, 0.3) is 5.91 Å². The summed E-state index contributed by atoms with van der Waals surface area (Å²) in [5, 5.41) is 13.7. The Bertz CT molecular complexity index is 657. The molecule has 0 atom stereocenters. The standard InChI is InChI=1S/C14H19N5O3S2/c1-2-23-13-18-17-11(24-13)15-9(20)5-8-19-10(21)14(16-12(19)22)6-3-4-7-14/h2-8H2,1H3,(H,16,22)(H,15,17,20). The van der Waals surface area contributed by atoms with Crippen LogP contribution in [0.1, 0.15) is 39.0 Å². The van der Waals surface area contributed by atoms with E-state index in [1.165, 1.54) is 11.3 Å². The average molecular weight is 369 g/mol. The van der Waals surface area contributed by atoms with Gasteiger partial charge < -0.3 is 10.6 Å². The summed E-state index contributed by atoms with van der Waals surface area (Å²) < 4.78 is 0.796. The molecular formula is C14H19N5O3S2. The van der Waals surface area contributed by atoms with Crippen molar-refractivity contribution in [3.63, 3.8) is 0 Å². The lowest BCUT2D eigenvalue weighted by atomic mass is 9.98. The van der Waals surface area contributed by atoms with Gasteiger partial charge in [-0.1, -0.05) is 42.9 Å². The summed E-state index contributed by atoms with van der Waals surface area (Å²) in [6, 6.07) is -0.396. The highest BCUT2D eigenvalue weighted by molar-refractivity contribution is 8.01. The number of carbonyl (C=O) groups is 3. The van der Waals surface area contributed by atoms with E-state index in [2.05, 4.69) is 20.8 Å². The quantitative estimate of drug-likeness (QED) is 0.450. The van der Waals surface area contributed by atoms with Crippen molar-refractivity contribution in [3.05, 3.63) is 0 Å². The zero-order chi connectivity index (χ0) is 17.2. The number of carbonyl (C=O) groups excluding carboxylic acids is 3. The van der Waals surface area contributed by atoms with Gasteiger partial charge in [0.05, 0.1) is 0 Å². The van der Waals surface area contributed by atoms with Crippen LogP contribution in [-0.4, -0.2) is 50.8 Å². The second kappa shape index (κ2) is 7.06. The summed E-state index contributed by atoms with van der Waals surface area (Å²) in [6.07, 6.45) is 3.29. The van der Waals surface area contributed by atoms with E-state index in [0.717, 1.165) is 27.8 Å². The van der Waals surface area contributed by atoms with Gasteiger partial charge in [-0.05, 0) is 18.6 Å². The van der Waals surface area contributed by atoms with Crippen molar-refractivity contribution in [1.82, 2.24) is 20.4 Å². The molecule has 1 aliphatic heterocycles. The van der Waals surface area contributed by atoms with E-state index < -0.39 is 11.6 Å². The molecule has 1 aromatic heterocycles. The van der Waals surface area contributed by atoms with Gasteiger partial charge in [-0.25, -0.2) is 4.79 Å². The number of aromatic nitrogens is 2. The molecule has 1 spiro atoms. The molecule has 0 unspecified atom stereocenters. The molecule has 2 fully saturated rings. The number of amides is 4. The van der Waals surface area contributed by atoms with Crippen LogP contribution in [0.15, 0.2) is 4.34 Å². The highest BCUT2D eigenvalue weighted by Crippen LogP contribution is 2.35. The number of hydrogen-bond donors (Lipinski definition) is 2. The molecule has 24 heavy (non-hydrogen) atoms. The Morgan fingerprint density at radius 2 is 2.12 bits per heavy atom. The SMILES string of the molecule is CCSc1nnc(NC(=O)CCN2C(=O)NC3(CCCC3)C2=O)s1. The van der Waals surface area contributed by atoms with E-state index in [1.807, 2.05) is 6.92 Å². The van der Waals surface area contributed by atoms with Gasteiger partial charge in [0.1, 0.15) is 5.54 Å². The van der Waals surface area contributed by atoms with Crippen LogP contribution in [0, 0.1) is 0 Å². The predicted octanol–water partition coefficient (Wildman–Crippen LogP) is 1.84. The Morgan fingerprint density at radius 3 is 2.83 bits per heavy atom. The first-order chi connectivity index (χ1) is 11.5. The smallest absolute Gasteiger partial charge is 0.323 e. The van der Waals surface area contributed by atoms with E-state index in [9.17, 15) is 14.4 Å². The lowest BCUT2D eigenvalue weighted by molar-refractivity contribution is -0.131. The van der Waals surface area contributed by atoms with Gasteiger partial charge in [-0.3, -0.25) is 14.5 Å². The van der Waals surface area contributed by atoms with Crippen LogP contribution in [0.3, 0.4) is 0 Å². The second-order valence-corrected chi connectivity index (χ2v) is 8.27. The average Bonchev–Trinajstić information content (AvgIpc) is 3.22. The summed E-state index contributed by atoms with van der Waals surface area (Å²) in [5.41, 5.74) is -0.723. The number of nitrogens with zero attached hydrogens (tertiary/aromatic N) is 3. The second-order valence-electron chi connectivity index (χ2n) is 5.78. The predicted molar refractivity (Wildman–Crippen MR) is 91.0 cm³/mol. The molecule has 0 bridgehead atoms. The number of anilines is 1. The summed E-state index contributed by atoms with van der Waals surface area (Å²) >= 11 is 2.87. The molecule has 2 heterocycles. The molecule has 1 aromatic rings. The van der Waals surface area contributed by atoms with Gasteiger partial charge in [0, 0.05) is 13.0 Å². The molecular weight excluding hydrogens is 350 g/mol. The Balaban J connectivity index is 1.52. The van der Waals surface area contributed by atoms with Crippen LogP contribution < -0.4 is 10.6 Å². The highest BCUT2D eigenvalue weighted by atomic mass is 32.2. The Morgan fingerprint density at radius 1 is 1.38 bits per heavy atom. The first-order valence-electron chi connectivity index (χ1n) is 7.94. The minimum atomic E-state index is -0.723. The van der Waals surface area contributed by atoms with Gasteiger partial charge in [0.2, 0.25) is 11.0 Å². The van der Waals surface area contributed by atoms with Crippen molar-refractivity contribution in [2.24, 2.45) is 0 Å². The molecule has 2 N–H and O–H groups in total. The number of rotatable bonds is 6. The van der Waals surface area contributed by atoms with Crippen LogP contribution in [0.2, 0.25) is 0 Å². The van der Waals surface area contributed by atoms with Crippen molar-refractivity contribution >= 4 is 46.1 Å². The molecule has 2 aliphatic rings. The van der Waals surface area contributed by atoms with Crippen molar-refractivity contribution in [3.8, 4) is 0 Å². The molecule has 130 valence electrons. The number of hydrogen-bond acceptors (Lipinski definition) is 7. The summed E-state index contributed by atoms with van der Waals surface area (Å²) in [6.45, 7) is 2.09. The van der Waals surface area contributed by atoms with E-state index in [4.69, 9.17) is 0 Å². The largest absolute Gasteiger partial charge is 0.325 e. The highest BCUT2D eigenvalue weighted by Gasteiger charge is 2.52. The van der Waals surface area contributed by atoms with Crippen molar-refractivity contribution < 1.29 is 14.4 Å². The fourth-order valence-corrected chi connectivity index (χ4v) is 4.70. The zero-order valence-corrected chi connectivity index (χ0v) is 15.0. The topological polar surface area (TPSA) is 104 Å². The molecule has 1 saturated heterocycles. The lowest BCUT2D eigenvalue weighted by Crippen LogP contribution is -2.44. The maximum Gasteiger partial charge on any atom is 0.325 e. The van der Waals surface area contributed by atoms with E-state index >= 15 is 0 Å². The molecule has 1 saturated carbocycles. The Kier molecular flexibility index (Phi) is 5.04. The number of nitrogens with one attached hydrogen (secondary N) is 2. The van der Waals surface area contributed by atoms with Gasteiger partial charge in [-0.2, -0.15) is 0 Å². The molecule has 4 amide bonds. The maximum atomic E-state index is 12.5. The van der Waals surface area contributed by atoms with Crippen molar-refractivity contribution in [2.45, 2.75) is 48.9 Å². The monoisotopic (exact) mass is 369 g/mol. The van der Waals surface area contributed by atoms with Crippen LogP contribution in [0.5, 0.6) is 0 Å².